The lowest BCUT2D eigenvalue weighted by molar-refractivity contribution is 0.247. The summed E-state index contributed by atoms with van der Waals surface area (Å²) in [4.78, 5) is 36.8. The zero-order valence-corrected chi connectivity index (χ0v) is 19.9. The number of aromatic amines is 1. The van der Waals surface area contributed by atoms with Gasteiger partial charge in [0, 0.05) is 46.3 Å². The summed E-state index contributed by atoms with van der Waals surface area (Å²) in [5.74, 6) is 1.55. The normalized spacial score (nSPS) is 14.5. The number of hydrogen-bond donors (Lipinski definition) is 1. The molecule has 0 atom stereocenters. The maximum atomic E-state index is 12.8. The Hall–Kier alpha value is -3.85. The van der Waals surface area contributed by atoms with Crippen LogP contribution in [0, 0.1) is 0 Å². The second kappa shape index (κ2) is 10.2. The molecule has 0 aliphatic carbocycles. The summed E-state index contributed by atoms with van der Waals surface area (Å²) in [6.07, 6.45) is 0.698. The molecule has 5 rings (SSSR count). The molecule has 1 saturated heterocycles. The maximum Gasteiger partial charge on any atom is 0.329 e. The molecular formula is C26H30N6O3. The number of anilines is 1. The summed E-state index contributed by atoms with van der Waals surface area (Å²) in [5, 5.41) is 0. The SMILES string of the molecule is Cn1c(=O)[nH]c(=O)c2c1nc(N1CCN(Cc3ccccc3)CC1)n2CCCOc1ccccc1. The van der Waals surface area contributed by atoms with E-state index in [1.807, 2.05) is 41.0 Å². The predicted octanol–water partition coefficient (Wildman–Crippen LogP) is 2.21. The molecule has 4 aromatic rings. The van der Waals surface area contributed by atoms with E-state index in [1.165, 1.54) is 10.1 Å². The number of para-hydroxylation sites is 1. The summed E-state index contributed by atoms with van der Waals surface area (Å²) in [7, 11) is 1.64. The molecule has 1 fully saturated rings. The average molecular weight is 475 g/mol. The van der Waals surface area contributed by atoms with Gasteiger partial charge in [0.15, 0.2) is 11.2 Å². The van der Waals surface area contributed by atoms with Crippen molar-refractivity contribution in [2.75, 3.05) is 37.7 Å². The molecule has 3 heterocycles. The highest BCUT2D eigenvalue weighted by Crippen LogP contribution is 2.22. The first-order chi connectivity index (χ1) is 17.1. The van der Waals surface area contributed by atoms with E-state index < -0.39 is 11.2 Å². The predicted molar refractivity (Wildman–Crippen MR) is 136 cm³/mol. The van der Waals surface area contributed by atoms with Gasteiger partial charge in [0.05, 0.1) is 6.61 Å². The number of piperazine rings is 1. The fraction of sp³-hybridized carbons (Fsp3) is 0.346. The molecule has 35 heavy (non-hydrogen) atoms. The standard InChI is InChI=1S/C26H30N6O3/c1-29-23-22(24(33)28-26(29)34)32(13-8-18-35-21-11-6-3-7-12-21)25(27-23)31-16-14-30(15-17-31)19-20-9-4-2-5-10-20/h2-7,9-12H,8,13-19H2,1H3,(H,28,33,34). The van der Waals surface area contributed by atoms with Gasteiger partial charge in [0.25, 0.3) is 5.56 Å². The molecule has 0 amide bonds. The van der Waals surface area contributed by atoms with Crippen LogP contribution in [0.5, 0.6) is 5.75 Å². The minimum absolute atomic E-state index is 0.407. The fourth-order valence-corrected chi connectivity index (χ4v) is 4.55. The van der Waals surface area contributed by atoms with Crippen molar-refractivity contribution in [3.63, 3.8) is 0 Å². The Kier molecular flexibility index (Phi) is 6.67. The summed E-state index contributed by atoms with van der Waals surface area (Å²) in [6, 6.07) is 20.1. The van der Waals surface area contributed by atoms with Gasteiger partial charge >= 0.3 is 5.69 Å². The van der Waals surface area contributed by atoms with Gasteiger partial charge in [0.1, 0.15) is 5.75 Å². The number of aromatic nitrogens is 4. The molecular weight excluding hydrogens is 444 g/mol. The number of aryl methyl sites for hydroxylation is 2. The lowest BCUT2D eigenvalue weighted by Crippen LogP contribution is -2.46. The smallest absolute Gasteiger partial charge is 0.329 e. The Bertz CT molecular complexity index is 1390. The Morgan fingerprint density at radius 1 is 0.943 bits per heavy atom. The number of nitrogens with zero attached hydrogens (tertiary/aromatic N) is 5. The van der Waals surface area contributed by atoms with Crippen LogP contribution in [0.2, 0.25) is 0 Å². The van der Waals surface area contributed by atoms with Crippen molar-refractivity contribution in [3.05, 3.63) is 87.1 Å². The monoisotopic (exact) mass is 474 g/mol. The highest BCUT2D eigenvalue weighted by Gasteiger charge is 2.25. The highest BCUT2D eigenvalue weighted by atomic mass is 16.5. The van der Waals surface area contributed by atoms with Crippen LogP contribution in [0.1, 0.15) is 12.0 Å². The van der Waals surface area contributed by atoms with Crippen LogP contribution in [0.15, 0.2) is 70.3 Å². The van der Waals surface area contributed by atoms with Crippen molar-refractivity contribution in [1.82, 2.24) is 24.0 Å². The van der Waals surface area contributed by atoms with Crippen LogP contribution in [0.4, 0.5) is 5.95 Å². The number of hydrogen-bond acceptors (Lipinski definition) is 6. The van der Waals surface area contributed by atoms with Gasteiger partial charge in [-0.25, -0.2) is 4.79 Å². The van der Waals surface area contributed by atoms with Crippen molar-refractivity contribution in [3.8, 4) is 5.75 Å². The molecule has 2 aromatic heterocycles. The van der Waals surface area contributed by atoms with Gasteiger partial charge in [0.2, 0.25) is 5.95 Å². The largest absolute Gasteiger partial charge is 0.494 e. The van der Waals surface area contributed by atoms with E-state index in [0.29, 0.717) is 30.7 Å². The van der Waals surface area contributed by atoms with Crippen LogP contribution >= 0.6 is 0 Å². The lowest BCUT2D eigenvalue weighted by atomic mass is 10.2. The Morgan fingerprint density at radius 2 is 1.63 bits per heavy atom. The zero-order chi connectivity index (χ0) is 24.2. The summed E-state index contributed by atoms with van der Waals surface area (Å²) < 4.78 is 9.20. The molecule has 0 unspecified atom stereocenters. The summed E-state index contributed by atoms with van der Waals surface area (Å²) in [5.41, 5.74) is 1.26. The first-order valence-corrected chi connectivity index (χ1v) is 12.0. The van der Waals surface area contributed by atoms with Crippen LogP contribution in [-0.4, -0.2) is 56.8 Å². The topological polar surface area (TPSA) is 88.4 Å². The Labute approximate surface area is 203 Å². The summed E-state index contributed by atoms with van der Waals surface area (Å²) in [6.45, 7) is 5.36. The third-order valence-corrected chi connectivity index (χ3v) is 6.43. The molecule has 9 heteroatoms. The fourth-order valence-electron chi connectivity index (χ4n) is 4.55. The van der Waals surface area contributed by atoms with Crippen molar-refractivity contribution < 1.29 is 4.74 Å². The number of fused-ring (bicyclic) bond motifs is 1. The molecule has 1 aliphatic rings. The van der Waals surface area contributed by atoms with Crippen molar-refractivity contribution in [1.29, 1.82) is 0 Å². The van der Waals surface area contributed by atoms with Crippen molar-refractivity contribution in [2.24, 2.45) is 7.05 Å². The number of nitrogens with one attached hydrogen (secondary N) is 1. The van der Waals surface area contributed by atoms with Crippen LogP contribution in [-0.2, 0) is 20.1 Å². The summed E-state index contributed by atoms with van der Waals surface area (Å²) >= 11 is 0. The Balaban J connectivity index is 1.35. The average Bonchev–Trinajstić information content (AvgIpc) is 3.27. The molecule has 1 aliphatic heterocycles. The molecule has 2 aromatic carbocycles. The van der Waals surface area contributed by atoms with E-state index in [4.69, 9.17) is 9.72 Å². The van der Waals surface area contributed by atoms with Crippen molar-refractivity contribution in [2.45, 2.75) is 19.5 Å². The van der Waals surface area contributed by atoms with Gasteiger partial charge in [-0.3, -0.25) is 19.2 Å². The van der Waals surface area contributed by atoms with Gasteiger partial charge in [-0.05, 0) is 24.1 Å². The van der Waals surface area contributed by atoms with Crippen LogP contribution < -0.4 is 20.9 Å². The molecule has 1 N–H and O–H groups in total. The number of benzene rings is 2. The first kappa shape index (κ1) is 22.9. The first-order valence-electron chi connectivity index (χ1n) is 12.0. The van der Waals surface area contributed by atoms with Gasteiger partial charge in [-0.1, -0.05) is 48.5 Å². The minimum Gasteiger partial charge on any atom is -0.494 e. The second-order valence-electron chi connectivity index (χ2n) is 8.82. The van der Waals surface area contributed by atoms with Crippen LogP contribution in [0.25, 0.3) is 11.2 Å². The minimum atomic E-state index is -0.459. The lowest BCUT2D eigenvalue weighted by Gasteiger charge is -2.35. The zero-order valence-electron chi connectivity index (χ0n) is 19.9. The molecule has 0 spiro atoms. The van der Waals surface area contributed by atoms with E-state index >= 15 is 0 Å². The van der Waals surface area contributed by atoms with E-state index in [0.717, 1.165) is 44.4 Å². The molecule has 9 nitrogen and oxygen atoms in total. The third kappa shape index (κ3) is 5.00. The maximum absolute atomic E-state index is 12.8. The number of rotatable bonds is 8. The van der Waals surface area contributed by atoms with Crippen molar-refractivity contribution >= 4 is 17.1 Å². The van der Waals surface area contributed by atoms with E-state index in [1.54, 1.807) is 7.05 Å². The molecule has 0 bridgehead atoms. The molecule has 182 valence electrons. The van der Waals surface area contributed by atoms with Gasteiger partial charge < -0.3 is 14.2 Å². The van der Waals surface area contributed by atoms with E-state index in [-0.39, 0.29) is 0 Å². The van der Waals surface area contributed by atoms with Gasteiger partial charge in [-0.2, -0.15) is 4.98 Å². The second-order valence-corrected chi connectivity index (χ2v) is 8.82. The quantitative estimate of drug-likeness (QED) is 0.394. The number of imidazole rings is 1. The van der Waals surface area contributed by atoms with Crippen LogP contribution in [0.3, 0.4) is 0 Å². The van der Waals surface area contributed by atoms with E-state index in [2.05, 4.69) is 39.0 Å². The molecule has 0 radical (unpaired) electrons. The number of ether oxygens (including phenoxy) is 1. The third-order valence-electron chi connectivity index (χ3n) is 6.43. The molecule has 0 saturated carbocycles. The number of H-pyrrole nitrogens is 1. The van der Waals surface area contributed by atoms with E-state index in [9.17, 15) is 9.59 Å². The van der Waals surface area contributed by atoms with Gasteiger partial charge in [-0.15, -0.1) is 0 Å². The highest BCUT2D eigenvalue weighted by molar-refractivity contribution is 5.74. The Morgan fingerprint density at radius 3 is 2.34 bits per heavy atom.